The van der Waals surface area contributed by atoms with Crippen LogP contribution >= 0.6 is 0 Å². The molecule has 0 saturated heterocycles. The minimum atomic E-state index is -0.434. The maximum absolute atomic E-state index is 10.4. The summed E-state index contributed by atoms with van der Waals surface area (Å²) in [4.78, 5) is 10.4. The molecule has 0 aromatic heterocycles. The molecule has 0 radical (unpaired) electrons. The van der Waals surface area contributed by atoms with Gasteiger partial charge in [-0.3, -0.25) is 0 Å². The molecule has 3 heteroatoms. The average molecular weight is 142 g/mol. The molecule has 0 amide bonds. The highest BCUT2D eigenvalue weighted by Gasteiger charge is 1.87. The first-order valence-electron chi connectivity index (χ1n) is 2.76. The van der Waals surface area contributed by atoms with Gasteiger partial charge in [-0.25, -0.2) is 4.79 Å². The molecule has 0 rings (SSSR count). The fourth-order valence-electron chi connectivity index (χ4n) is 0.278. The van der Waals surface area contributed by atoms with Crippen LogP contribution in [-0.2, 0) is 14.3 Å². The van der Waals surface area contributed by atoms with Crippen molar-refractivity contribution < 1.29 is 14.3 Å². The topological polar surface area (TPSA) is 35.5 Å². The SMILES string of the molecule is COC(=O)C=C=C(C)OC. The van der Waals surface area contributed by atoms with E-state index >= 15 is 0 Å². The Kier molecular flexibility index (Phi) is 4.09. The van der Waals surface area contributed by atoms with Gasteiger partial charge < -0.3 is 9.47 Å². The number of ether oxygens (including phenoxy) is 2. The molecular weight excluding hydrogens is 132 g/mol. The molecule has 0 heterocycles. The first-order valence-corrected chi connectivity index (χ1v) is 2.76. The highest BCUT2D eigenvalue weighted by Crippen LogP contribution is 1.87. The largest absolute Gasteiger partial charge is 0.493 e. The van der Waals surface area contributed by atoms with E-state index in [1.165, 1.54) is 20.3 Å². The predicted octanol–water partition coefficient (Wildman–Crippen LogP) is 0.865. The van der Waals surface area contributed by atoms with Gasteiger partial charge in [-0.2, -0.15) is 0 Å². The number of carbonyl (C=O) groups excluding carboxylic acids is 1. The number of hydrogen-bond acceptors (Lipinski definition) is 3. The lowest BCUT2D eigenvalue weighted by molar-refractivity contribution is -0.134. The molecule has 3 nitrogen and oxygen atoms in total. The van der Waals surface area contributed by atoms with Crippen molar-refractivity contribution in [2.45, 2.75) is 6.92 Å². The Morgan fingerprint density at radius 3 is 2.40 bits per heavy atom. The molecule has 0 aliphatic carbocycles. The van der Waals surface area contributed by atoms with Crippen molar-refractivity contribution in [3.05, 3.63) is 17.6 Å². The van der Waals surface area contributed by atoms with E-state index in [2.05, 4.69) is 10.5 Å². The molecule has 0 saturated carbocycles. The molecule has 10 heavy (non-hydrogen) atoms. The van der Waals surface area contributed by atoms with Crippen molar-refractivity contribution in [2.24, 2.45) is 0 Å². The smallest absolute Gasteiger partial charge is 0.338 e. The van der Waals surface area contributed by atoms with Gasteiger partial charge in [-0.15, -0.1) is 0 Å². The van der Waals surface area contributed by atoms with E-state index in [0.29, 0.717) is 5.76 Å². The van der Waals surface area contributed by atoms with Crippen LogP contribution in [-0.4, -0.2) is 20.2 Å². The van der Waals surface area contributed by atoms with Gasteiger partial charge in [0.05, 0.1) is 20.3 Å². The van der Waals surface area contributed by atoms with E-state index in [1.807, 2.05) is 0 Å². The predicted molar refractivity (Wildman–Crippen MR) is 36.3 cm³/mol. The fraction of sp³-hybridized carbons (Fsp3) is 0.429. The van der Waals surface area contributed by atoms with E-state index in [1.54, 1.807) is 6.92 Å². The minimum absolute atomic E-state index is 0.434. The third kappa shape index (κ3) is 3.75. The van der Waals surface area contributed by atoms with Crippen LogP contribution in [0.15, 0.2) is 17.6 Å². The van der Waals surface area contributed by atoms with Gasteiger partial charge in [0.25, 0.3) is 0 Å². The van der Waals surface area contributed by atoms with Crippen LogP contribution in [0.5, 0.6) is 0 Å². The number of methoxy groups -OCH3 is 2. The highest BCUT2D eigenvalue weighted by molar-refractivity contribution is 5.81. The van der Waals surface area contributed by atoms with Crippen molar-refractivity contribution in [3.8, 4) is 0 Å². The normalized spacial score (nSPS) is 7.50. The Bertz CT molecular complexity index is 175. The first kappa shape index (κ1) is 8.79. The Balaban J connectivity index is 4.08. The quantitative estimate of drug-likeness (QED) is 0.248. The van der Waals surface area contributed by atoms with E-state index in [9.17, 15) is 4.79 Å². The van der Waals surface area contributed by atoms with Crippen molar-refractivity contribution >= 4 is 5.97 Å². The Labute approximate surface area is 59.9 Å². The lowest BCUT2D eigenvalue weighted by Crippen LogP contribution is -1.92. The van der Waals surface area contributed by atoms with Gasteiger partial charge in [0.2, 0.25) is 0 Å². The molecule has 0 unspecified atom stereocenters. The fourth-order valence-corrected chi connectivity index (χ4v) is 0.278. The highest BCUT2D eigenvalue weighted by atomic mass is 16.5. The molecule has 0 bridgehead atoms. The van der Waals surface area contributed by atoms with Crippen LogP contribution in [0, 0.1) is 0 Å². The van der Waals surface area contributed by atoms with Crippen LogP contribution in [0.2, 0.25) is 0 Å². The van der Waals surface area contributed by atoms with Crippen LogP contribution < -0.4 is 0 Å². The molecule has 0 aliphatic heterocycles. The van der Waals surface area contributed by atoms with Gasteiger partial charge in [0.15, 0.2) is 0 Å². The van der Waals surface area contributed by atoms with Gasteiger partial charge in [-0.05, 0) is 0 Å². The van der Waals surface area contributed by atoms with Crippen LogP contribution in [0.25, 0.3) is 0 Å². The third-order valence-electron chi connectivity index (χ3n) is 0.901. The molecule has 0 spiro atoms. The second-order valence-corrected chi connectivity index (χ2v) is 1.57. The maximum atomic E-state index is 10.4. The summed E-state index contributed by atoms with van der Waals surface area (Å²) in [6, 6.07) is 0. The third-order valence-corrected chi connectivity index (χ3v) is 0.901. The molecule has 0 N–H and O–H groups in total. The summed E-state index contributed by atoms with van der Waals surface area (Å²) in [6.07, 6.45) is 1.18. The summed E-state index contributed by atoms with van der Waals surface area (Å²) in [5.41, 5.74) is 2.58. The average Bonchev–Trinajstić information content (AvgIpc) is 1.99. The number of esters is 1. The van der Waals surface area contributed by atoms with E-state index in [-0.39, 0.29) is 0 Å². The zero-order valence-electron chi connectivity index (χ0n) is 6.30. The van der Waals surface area contributed by atoms with Gasteiger partial charge in [0, 0.05) is 6.92 Å². The number of hydrogen-bond donors (Lipinski definition) is 0. The van der Waals surface area contributed by atoms with Gasteiger partial charge >= 0.3 is 5.97 Å². The monoisotopic (exact) mass is 142 g/mol. The van der Waals surface area contributed by atoms with Crippen molar-refractivity contribution in [2.75, 3.05) is 14.2 Å². The van der Waals surface area contributed by atoms with E-state index < -0.39 is 5.97 Å². The molecule has 0 aromatic rings. The Morgan fingerprint density at radius 2 is 2.00 bits per heavy atom. The molecule has 0 atom stereocenters. The number of carbonyl (C=O) groups is 1. The van der Waals surface area contributed by atoms with Crippen LogP contribution in [0.1, 0.15) is 6.92 Å². The summed E-state index contributed by atoms with van der Waals surface area (Å²) in [5.74, 6) is 0.113. The Hall–Kier alpha value is -1.21. The first-order chi connectivity index (χ1) is 4.70. The summed E-state index contributed by atoms with van der Waals surface area (Å²) in [7, 11) is 2.82. The lowest BCUT2D eigenvalue weighted by Gasteiger charge is -1.90. The van der Waals surface area contributed by atoms with E-state index in [0.717, 1.165) is 0 Å². The second kappa shape index (κ2) is 4.65. The molecular formula is C7H10O3. The summed E-state index contributed by atoms with van der Waals surface area (Å²) in [6.45, 7) is 1.69. The van der Waals surface area contributed by atoms with E-state index in [4.69, 9.17) is 4.74 Å². The van der Waals surface area contributed by atoms with Crippen molar-refractivity contribution in [1.82, 2.24) is 0 Å². The Morgan fingerprint density at radius 1 is 1.40 bits per heavy atom. The summed E-state index contributed by atoms with van der Waals surface area (Å²) in [5, 5.41) is 0. The zero-order chi connectivity index (χ0) is 7.98. The number of rotatable bonds is 2. The lowest BCUT2D eigenvalue weighted by atomic mass is 10.5. The molecule has 0 fully saturated rings. The standard InChI is InChI=1S/C7H10O3/c1-6(9-2)4-5-7(8)10-3/h5H,1-3H3. The van der Waals surface area contributed by atoms with Crippen molar-refractivity contribution in [3.63, 3.8) is 0 Å². The molecule has 56 valence electrons. The molecule has 0 aliphatic rings. The summed E-state index contributed by atoms with van der Waals surface area (Å²) >= 11 is 0. The maximum Gasteiger partial charge on any atom is 0.338 e. The van der Waals surface area contributed by atoms with Gasteiger partial charge in [-0.1, -0.05) is 5.73 Å². The molecule has 0 aromatic carbocycles. The van der Waals surface area contributed by atoms with Crippen molar-refractivity contribution in [1.29, 1.82) is 0 Å². The van der Waals surface area contributed by atoms with Crippen LogP contribution in [0.4, 0.5) is 0 Å². The van der Waals surface area contributed by atoms with Gasteiger partial charge in [0.1, 0.15) is 5.76 Å². The second-order valence-electron chi connectivity index (χ2n) is 1.57. The summed E-state index contributed by atoms with van der Waals surface area (Å²) < 4.78 is 9.03. The zero-order valence-corrected chi connectivity index (χ0v) is 6.30. The van der Waals surface area contributed by atoms with Crippen LogP contribution in [0.3, 0.4) is 0 Å². The minimum Gasteiger partial charge on any atom is -0.493 e.